The van der Waals surface area contributed by atoms with E-state index in [0.29, 0.717) is 22.3 Å². The predicted octanol–water partition coefficient (Wildman–Crippen LogP) is 4.32. The molecule has 2 heterocycles. The Kier molecular flexibility index (Phi) is 4.33. The number of fused-ring (bicyclic) bond motifs is 4. The molecule has 0 fully saturated rings. The molecule has 5 aromatic rings. The van der Waals surface area contributed by atoms with Crippen LogP contribution >= 0.6 is 0 Å². The topological polar surface area (TPSA) is 94.3 Å². The van der Waals surface area contributed by atoms with Crippen molar-refractivity contribution in [3.05, 3.63) is 78.6 Å². The first-order chi connectivity index (χ1) is 14.7. The normalized spacial score (nSPS) is 11.1. The second kappa shape index (κ2) is 7.29. The molecule has 3 aromatic carbocycles. The minimum Gasteiger partial charge on any atom is -0.456 e. The van der Waals surface area contributed by atoms with E-state index >= 15 is 0 Å². The molecule has 2 aromatic heterocycles. The maximum absolute atomic E-state index is 12.3. The van der Waals surface area contributed by atoms with Crippen LogP contribution in [0.3, 0.4) is 0 Å². The average molecular weight is 397 g/mol. The van der Waals surface area contributed by atoms with Gasteiger partial charge in [-0.25, -0.2) is 4.79 Å². The van der Waals surface area contributed by atoms with Crippen molar-refractivity contribution >= 4 is 50.5 Å². The van der Waals surface area contributed by atoms with Gasteiger partial charge in [-0.3, -0.25) is 14.8 Å². The molecule has 1 N–H and O–H groups in total. The summed E-state index contributed by atoms with van der Waals surface area (Å²) in [4.78, 5) is 32.8. The quantitative estimate of drug-likeness (QED) is 0.454. The molecular formula is C23H15N3O4. The molecule has 0 aliphatic carbocycles. The number of nitrogens with zero attached hydrogens (tertiary/aromatic N) is 2. The Balaban J connectivity index is 1.27. The van der Waals surface area contributed by atoms with Crippen molar-refractivity contribution in [3.8, 4) is 0 Å². The number of ether oxygens (including phenoxy) is 1. The second-order valence-electron chi connectivity index (χ2n) is 6.69. The van der Waals surface area contributed by atoms with E-state index in [1.807, 2.05) is 30.3 Å². The predicted molar refractivity (Wildman–Crippen MR) is 112 cm³/mol. The number of esters is 1. The fourth-order valence-electron chi connectivity index (χ4n) is 3.31. The third kappa shape index (κ3) is 3.33. The smallest absolute Gasteiger partial charge is 0.338 e. The number of hydrogen-bond donors (Lipinski definition) is 1. The van der Waals surface area contributed by atoms with Crippen molar-refractivity contribution in [3.63, 3.8) is 0 Å². The third-order valence-electron chi connectivity index (χ3n) is 4.70. The molecule has 0 unspecified atom stereocenters. The number of benzene rings is 3. The average Bonchev–Trinajstić information content (AvgIpc) is 3.15. The van der Waals surface area contributed by atoms with Gasteiger partial charge in [-0.05, 0) is 42.5 Å². The highest BCUT2D eigenvalue weighted by Gasteiger charge is 2.13. The van der Waals surface area contributed by atoms with Gasteiger partial charge in [0, 0.05) is 28.9 Å². The molecule has 30 heavy (non-hydrogen) atoms. The Morgan fingerprint density at radius 3 is 2.57 bits per heavy atom. The Morgan fingerprint density at radius 1 is 0.867 bits per heavy atom. The maximum Gasteiger partial charge on any atom is 0.338 e. The molecule has 5 rings (SSSR count). The summed E-state index contributed by atoms with van der Waals surface area (Å²) in [5, 5.41) is 4.61. The molecule has 0 aliphatic rings. The summed E-state index contributed by atoms with van der Waals surface area (Å²) < 4.78 is 10.9. The van der Waals surface area contributed by atoms with Gasteiger partial charge in [0.15, 0.2) is 6.61 Å². The molecule has 0 bridgehead atoms. The molecule has 1 amide bonds. The van der Waals surface area contributed by atoms with E-state index in [4.69, 9.17) is 9.15 Å². The van der Waals surface area contributed by atoms with E-state index in [0.717, 1.165) is 21.9 Å². The van der Waals surface area contributed by atoms with Crippen LogP contribution < -0.4 is 5.32 Å². The molecule has 0 atom stereocenters. The van der Waals surface area contributed by atoms with Gasteiger partial charge in [-0.1, -0.05) is 18.2 Å². The third-order valence-corrected chi connectivity index (χ3v) is 4.70. The van der Waals surface area contributed by atoms with Crippen LogP contribution in [0.2, 0.25) is 0 Å². The summed E-state index contributed by atoms with van der Waals surface area (Å²) >= 11 is 0. The Labute approximate surface area is 170 Å². The molecule has 7 nitrogen and oxygen atoms in total. The maximum atomic E-state index is 12.3. The summed E-state index contributed by atoms with van der Waals surface area (Å²) in [7, 11) is 0. The minimum atomic E-state index is -0.603. The number of anilines is 1. The van der Waals surface area contributed by atoms with Crippen molar-refractivity contribution < 1.29 is 18.7 Å². The number of rotatable bonds is 4. The van der Waals surface area contributed by atoms with Crippen molar-refractivity contribution in [1.82, 2.24) is 9.97 Å². The van der Waals surface area contributed by atoms with E-state index in [-0.39, 0.29) is 0 Å². The number of carbonyl (C=O) groups is 2. The SMILES string of the molecule is O=C(COC(=O)c1ccc2nccnc2c1)Nc1ccc2oc3ccccc3c2c1. The van der Waals surface area contributed by atoms with Gasteiger partial charge in [-0.15, -0.1) is 0 Å². The van der Waals surface area contributed by atoms with Gasteiger partial charge < -0.3 is 14.5 Å². The number of para-hydroxylation sites is 1. The first kappa shape index (κ1) is 17.8. The molecule has 7 heteroatoms. The lowest BCUT2D eigenvalue weighted by atomic mass is 10.1. The van der Waals surface area contributed by atoms with Gasteiger partial charge in [0.05, 0.1) is 16.6 Å². The van der Waals surface area contributed by atoms with Crippen molar-refractivity contribution in [1.29, 1.82) is 0 Å². The Morgan fingerprint density at radius 2 is 1.67 bits per heavy atom. The van der Waals surface area contributed by atoms with Gasteiger partial charge in [0.1, 0.15) is 11.2 Å². The summed E-state index contributed by atoms with van der Waals surface area (Å²) in [6.45, 7) is -0.401. The molecule has 0 spiro atoms. The summed E-state index contributed by atoms with van der Waals surface area (Å²) in [6, 6.07) is 17.9. The minimum absolute atomic E-state index is 0.307. The first-order valence-electron chi connectivity index (χ1n) is 9.26. The zero-order chi connectivity index (χ0) is 20.5. The fraction of sp³-hybridized carbons (Fsp3) is 0.0435. The number of aromatic nitrogens is 2. The van der Waals surface area contributed by atoms with Crippen LogP contribution in [0.4, 0.5) is 5.69 Å². The second-order valence-corrected chi connectivity index (χ2v) is 6.69. The summed E-state index contributed by atoms with van der Waals surface area (Å²) in [5.41, 5.74) is 3.68. The van der Waals surface area contributed by atoms with Gasteiger partial charge >= 0.3 is 5.97 Å². The van der Waals surface area contributed by atoms with Crippen LogP contribution in [0.25, 0.3) is 33.0 Å². The molecular weight excluding hydrogens is 382 g/mol. The monoisotopic (exact) mass is 397 g/mol. The zero-order valence-corrected chi connectivity index (χ0v) is 15.7. The molecule has 0 radical (unpaired) electrons. The van der Waals surface area contributed by atoms with E-state index in [2.05, 4.69) is 15.3 Å². The van der Waals surface area contributed by atoms with E-state index < -0.39 is 18.5 Å². The van der Waals surface area contributed by atoms with Gasteiger partial charge in [0.25, 0.3) is 5.91 Å². The Hall–Kier alpha value is -4.26. The fourth-order valence-corrected chi connectivity index (χ4v) is 3.31. The van der Waals surface area contributed by atoms with E-state index in [9.17, 15) is 9.59 Å². The van der Waals surface area contributed by atoms with Crippen LogP contribution in [0.15, 0.2) is 77.5 Å². The molecule has 146 valence electrons. The van der Waals surface area contributed by atoms with Gasteiger partial charge in [0.2, 0.25) is 0 Å². The van der Waals surface area contributed by atoms with Crippen LogP contribution in [-0.4, -0.2) is 28.5 Å². The standard InChI is InChI=1S/C23H15N3O4/c27-22(13-29-23(28)14-5-7-18-19(11-14)25-10-9-24-18)26-15-6-8-21-17(12-15)16-3-1-2-4-20(16)30-21/h1-12H,13H2,(H,26,27). The number of furan rings is 1. The number of nitrogens with one attached hydrogen (secondary N) is 1. The molecule has 0 saturated heterocycles. The van der Waals surface area contributed by atoms with Crippen LogP contribution in [0.1, 0.15) is 10.4 Å². The van der Waals surface area contributed by atoms with Crippen molar-refractivity contribution in [2.75, 3.05) is 11.9 Å². The highest BCUT2D eigenvalue weighted by atomic mass is 16.5. The number of hydrogen-bond acceptors (Lipinski definition) is 6. The lowest BCUT2D eigenvalue weighted by molar-refractivity contribution is -0.119. The lowest BCUT2D eigenvalue weighted by Crippen LogP contribution is -2.20. The van der Waals surface area contributed by atoms with Crippen molar-refractivity contribution in [2.24, 2.45) is 0 Å². The highest BCUT2D eigenvalue weighted by Crippen LogP contribution is 2.30. The van der Waals surface area contributed by atoms with Crippen LogP contribution in [0, 0.1) is 0 Å². The largest absolute Gasteiger partial charge is 0.456 e. The van der Waals surface area contributed by atoms with E-state index in [1.54, 1.807) is 42.7 Å². The van der Waals surface area contributed by atoms with Crippen molar-refractivity contribution in [2.45, 2.75) is 0 Å². The summed E-state index contributed by atoms with van der Waals surface area (Å²) in [6.07, 6.45) is 3.12. The van der Waals surface area contributed by atoms with Crippen LogP contribution in [0.5, 0.6) is 0 Å². The molecule has 0 saturated carbocycles. The van der Waals surface area contributed by atoms with Gasteiger partial charge in [-0.2, -0.15) is 0 Å². The summed E-state index contributed by atoms with van der Waals surface area (Å²) in [5.74, 6) is -1.04. The Bertz CT molecular complexity index is 1420. The lowest BCUT2D eigenvalue weighted by Gasteiger charge is -2.07. The van der Waals surface area contributed by atoms with Crippen LogP contribution in [-0.2, 0) is 9.53 Å². The first-order valence-corrected chi connectivity index (χ1v) is 9.26. The van der Waals surface area contributed by atoms with E-state index in [1.165, 1.54) is 0 Å². The highest BCUT2D eigenvalue weighted by molar-refractivity contribution is 6.07. The number of amides is 1. The molecule has 0 aliphatic heterocycles. The number of carbonyl (C=O) groups excluding carboxylic acids is 2. The zero-order valence-electron chi connectivity index (χ0n) is 15.7.